The molecule has 0 fully saturated rings. The smallest absolute Gasteiger partial charge is 0.163 e. The Morgan fingerprint density at radius 2 is 1.93 bits per heavy atom. The van der Waals surface area contributed by atoms with Gasteiger partial charge in [-0.15, -0.1) is 0 Å². The average Bonchev–Trinajstić information content (AvgIpc) is 2.20. The average molecular weight is 200 g/mol. The summed E-state index contributed by atoms with van der Waals surface area (Å²) in [6.07, 6.45) is 0. The molecular weight excluding hydrogens is 187 g/mol. The first-order valence-electron chi connectivity index (χ1n) is 4.23. The normalized spacial score (nSPS) is 9.93. The topological polar surface area (TPSA) is 27.7 Å². The molecule has 0 saturated heterocycles. The molecule has 0 amide bonds. The van der Waals surface area contributed by atoms with Gasteiger partial charge in [-0.05, 0) is 12.1 Å². The van der Waals surface area contributed by atoms with Gasteiger partial charge in [0.2, 0.25) is 0 Å². The largest absolute Gasteiger partial charge is 0.493 e. The third-order valence-electron chi connectivity index (χ3n) is 1.67. The van der Waals surface area contributed by atoms with E-state index in [1.165, 1.54) is 25.3 Å². The van der Waals surface area contributed by atoms with Gasteiger partial charge in [0, 0.05) is 13.2 Å². The summed E-state index contributed by atoms with van der Waals surface area (Å²) in [4.78, 5) is 0. The van der Waals surface area contributed by atoms with Crippen LogP contribution in [0.25, 0.3) is 0 Å². The number of rotatable bonds is 5. The Morgan fingerprint density at radius 3 is 2.57 bits per heavy atom. The highest BCUT2D eigenvalue weighted by molar-refractivity contribution is 5.39. The second-order valence-corrected chi connectivity index (χ2v) is 2.64. The van der Waals surface area contributed by atoms with Crippen LogP contribution >= 0.6 is 0 Å². The van der Waals surface area contributed by atoms with Crippen molar-refractivity contribution < 1.29 is 18.6 Å². The maximum absolute atomic E-state index is 12.8. The molecule has 1 aromatic carbocycles. The summed E-state index contributed by atoms with van der Waals surface area (Å²) >= 11 is 0. The van der Waals surface area contributed by atoms with Crippen LogP contribution in [-0.2, 0) is 4.74 Å². The van der Waals surface area contributed by atoms with Gasteiger partial charge in [-0.2, -0.15) is 0 Å². The van der Waals surface area contributed by atoms with Gasteiger partial charge in [0.1, 0.15) is 12.4 Å². The number of hydrogen-bond donors (Lipinski definition) is 0. The number of halogens is 1. The Morgan fingerprint density at radius 1 is 1.14 bits per heavy atom. The maximum Gasteiger partial charge on any atom is 0.163 e. The van der Waals surface area contributed by atoms with E-state index in [1.54, 1.807) is 7.11 Å². The van der Waals surface area contributed by atoms with E-state index in [4.69, 9.17) is 14.2 Å². The Hall–Kier alpha value is -1.29. The van der Waals surface area contributed by atoms with Gasteiger partial charge in [-0.1, -0.05) is 0 Å². The number of methoxy groups -OCH3 is 2. The molecule has 4 heteroatoms. The van der Waals surface area contributed by atoms with Crippen LogP contribution in [0.1, 0.15) is 0 Å². The summed E-state index contributed by atoms with van der Waals surface area (Å²) in [5, 5.41) is 0. The lowest BCUT2D eigenvalue weighted by Crippen LogP contribution is -2.05. The molecule has 0 radical (unpaired) electrons. The Bertz CT molecular complexity index is 289. The molecule has 0 aliphatic carbocycles. The van der Waals surface area contributed by atoms with Gasteiger partial charge in [0.15, 0.2) is 11.5 Å². The highest BCUT2D eigenvalue weighted by atomic mass is 19.1. The summed E-state index contributed by atoms with van der Waals surface area (Å²) in [5.74, 6) is 0.563. The van der Waals surface area contributed by atoms with Crippen molar-refractivity contribution in [2.24, 2.45) is 0 Å². The number of hydrogen-bond acceptors (Lipinski definition) is 3. The molecule has 1 aromatic rings. The Labute approximate surface area is 82.4 Å². The molecule has 0 aliphatic rings. The van der Waals surface area contributed by atoms with E-state index < -0.39 is 0 Å². The lowest BCUT2D eigenvalue weighted by Gasteiger charge is -2.09. The quantitative estimate of drug-likeness (QED) is 0.679. The molecule has 0 spiro atoms. The Balaban J connectivity index is 2.65. The number of benzene rings is 1. The minimum Gasteiger partial charge on any atom is -0.493 e. The Kier molecular flexibility index (Phi) is 4.19. The molecule has 0 unspecified atom stereocenters. The van der Waals surface area contributed by atoms with Crippen LogP contribution in [0, 0.1) is 5.82 Å². The van der Waals surface area contributed by atoms with Crippen LogP contribution in [0.2, 0.25) is 0 Å². The fourth-order valence-electron chi connectivity index (χ4n) is 0.996. The minimum atomic E-state index is -0.346. The fourth-order valence-corrected chi connectivity index (χ4v) is 0.996. The molecule has 1 rings (SSSR count). The van der Waals surface area contributed by atoms with Crippen LogP contribution in [0.3, 0.4) is 0 Å². The lowest BCUT2D eigenvalue weighted by molar-refractivity contribution is 0.144. The minimum absolute atomic E-state index is 0.346. The zero-order valence-corrected chi connectivity index (χ0v) is 8.25. The highest BCUT2D eigenvalue weighted by Crippen LogP contribution is 2.27. The van der Waals surface area contributed by atoms with Gasteiger partial charge >= 0.3 is 0 Å². The van der Waals surface area contributed by atoms with Crippen molar-refractivity contribution in [3.8, 4) is 11.5 Å². The lowest BCUT2D eigenvalue weighted by atomic mass is 10.3. The summed E-state index contributed by atoms with van der Waals surface area (Å²) in [6.45, 7) is 0.902. The standard InChI is InChI=1S/C10H13FO3/c1-12-5-6-14-9-4-3-8(11)7-10(9)13-2/h3-4,7H,5-6H2,1-2H3. The van der Waals surface area contributed by atoms with Crippen LogP contribution in [0.15, 0.2) is 18.2 Å². The van der Waals surface area contributed by atoms with Gasteiger partial charge in [-0.3, -0.25) is 0 Å². The molecule has 14 heavy (non-hydrogen) atoms. The van der Waals surface area contributed by atoms with Gasteiger partial charge < -0.3 is 14.2 Å². The van der Waals surface area contributed by atoms with Gasteiger partial charge in [-0.25, -0.2) is 4.39 Å². The zero-order chi connectivity index (χ0) is 10.4. The van der Waals surface area contributed by atoms with Crippen molar-refractivity contribution in [3.63, 3.8) is 0 Å². The van der Waals surface area contributed by atoms with Gasteiger partial charge in [0.05, 0.1) is 13.7 Å². The molecule has 0 atom stereocenters. The summed E-state index contributed by atoms with van der Waals surface area (Å²) < 4.78 is 27.8. The first-order chi connectivity index (χ1) is 6.77. The number of ether oxygens (including phenoxy) is 3. The monoisotopic (exact) mass is 200 g/mol. The van der Waals surface area contributed by atoms with Crippen molar-refractivity contribution >= 4 is 0 Å². The van der Waals surface area contributed by atoms with Crippen LogP contribution < -0.4 is 9.47 Å². The van der Waals surface area contributed by atoms with E-state index in [1.807, 2.05) is 0 Å². The molecule has 3 nitrogen and oxygen atoms in total. The first-order valence-corrected chi connectivity index (χ1v) is 4.23. The maximum atomic E-state index is 12.8. The SMILES string of the molecule is COCCOc1ccc(F)cc1OC. The third-order valence-corrected chi connectivity index (χ3v) is 1.67. The van der Waals surface area contributed by atoms with Gasteiger partial charge in [0.25, 0.3) is 0 Å². The van der Waals surface area contributed by atoms with Crippen molar-refractivity contribution in [1.29, 1.82) is 0 Å². The van der Waals surface area contributed by atoms with E-state index in [2.05, 4.69) is 0 Å². The zero-order valence-electron chi connectivity index (χ0n) is 8.25. The summed E-state index contributed by atoms with van der Waals surface area (Å²) in [7, 11) is 3.06. The van der Waals surface area contributed by atoms with Crippen LogP contribution in [0.4, 0.5) is 4.39 Å². The highest BCUT2D eigenvalue weighted by Gasteiger charge is 2.04. The predicted octanol–water partition coefficient (Wildman–Crippen LogP) is 1.86. The molecule has 0 heterocycles. The van der Waals surface area contributed by atoms with Crippen molar-refractivity contribution in [2.45, 2.75) is 0 Å². The molecule has 0 aromatic heterocycles. The van der Waals surface area contributed by atoms with Crippen LogP contribution in [-0.4, -0.2) is 27.4 Å². The predicted molar refractivity (Wildman–Crippen MR) is 50.3 cm³/mol. The van der Waals surface area contributed by atoms with Crippen molar-refractivity contribution in [1.82, 2.24) is 0 Å². The summed E-state index contributed by atoms with van der Waals surface area (Å²) in [5.41, 5.74) is 0. The molecule has 0 bridgehead atoms. The molecular formula is C10H13FO3. The molecule has 0 saturated carbocycles. The molecule has 0 N–H and O–H groups in total. The molecule has 0 aliphatic heterocycles. The fraction of sp³-hybridized carbons (Fsp3) is 0.400. The first kappa shape index (κ1) is 10.8. The molecule has 78 valence electrons. The van der Waals surface area contributed by atoms with E-state index in [9.17, 15) is 4.39 Å². The second-order valence-electron chi connectivity index (χ2n) is 2.64. The van der Waals surface area contributed by atoms with E-state index >= 15 is 0 Å². The van der Waals surface area contributed by atoms with E-state index in [-0.39, 0.29) is 5.82 Å². The van der Waals surface area contributed by atoms with Crippen LogP contribution in [0.5, 0.6) is 11.5 Å². The summed E-state index contributed by atoms with van der Waals surface area (Å²) in [6, 6.07) is 4.14. The van der Waals surface area contributed by atoms with E-state index in [0.29, 0.717) is 24.7 Å². The third kappa shape index (κ3) is 2.88. The van der Waals surface area contributed by atoms with E-state index in [0.717, 1.165) is 0 Å². The second kappa shape index (κ2) is 5.44. The van der Waals surface area contributed by atoms with Crippen molar-refractivity contribution in [2.75, 3.05) is 27.4 Å². The van der Waals surface area contributed by atoms with Crippen molar-refractivity contribution in [3.05, 3.63) is 24.0 Å².